The van der Waals surface area contributed by atoms with E-state index < -0.39 is 5.91 Å². The third-order valence-corrected chi connectivity index (χ3v) is 6.44. The van der Waals surface area contributed by atoms with Crippen molar-refractivity contribution in [3.05, 3.63) is 16.0 Å². The minimum absolute atomic E-state index is 0.0636. The summed E-state index contributed by atoms with van der Waals surface area (Å²) < 4.78 is 0. The van der Waals surface area contributed by atoms with Gasteiger partial charge in [-0.05, 0) is 43.6 Å². The first-order chi connectivity index (χ1) is 11.1. The van der Waals surface area contributed by atoms with Gasteiger partial charge in [-0.25, -0.2) is 0 Å². The predicted octanol–water partition coefficient (Wildman–Crippen LogP) is 3.88. The molecule has 2 amide bonds. The molecule has 3 N–H and O–H groups in total. The van der Waals surface area contributed by atoms with Crippen LogP contribution in [0.2, 0.25) is 0 Å². The van der Waals surface area contributed by atoms with Crippen LogP contribution in [-0.4, -0.2) is 11.8 Å². The molecule has 0 radical (unpaired) electrons. The Morgan fingerprint density at radius 3 is 2.65 bits per heavy atom. The zero-order chi connectivity index (χ0) is 16.4. The highest BCUT2D eigenvalue weighted by molar-refractivity contribution is 7.17. The summed E-state index contributed by atoms with van der Waals surface area (Å²) in [5.41, 5.74) is 7.29. The van der Waals surface area contributed by atoms with Crippen molar-refractivity contribution in [2.24, 2.45) is 17.6 Å². The minimum atomic E-state index is -0.404. The second kappa shape index (κ2) is 7.04. The van der Waals surface area contributed by atoms with E-state index in [2.05, 4.69) is 12.2 Å². The Balaban J connectivity index is 1.82. The van der Waals surface area contributed by atoms with Gasteiger partial charge in [0.2, 0.25) is 5.91 Å². The van der Waals surface area contributed by atoms with Gasteiger partial charge >= 0.3 is 0 Å². The van der Waals surface area contributed by atoms with Crippen LogP contribution in [-0.2, 0) is 17.6 Å². The molecule has 4 nitrogen and oxygen atoms in total. The Labute approximate surface area is 141 Å². The van der Waals surface area contributed by atoms with Gasteiger partial charge in [0.25, 0.3) is 5.91 Å². The first-order valence-corrected chi connectivity index (χ1v) is 9.67. The molecule has 0 aromatic carbocycles. The summed E-state index contributed by atoms with van der Waals surface area (Å²) >= 11 is 1.57. The van der Waals surface area contributed by atoms with Gasteiger partial charge in [-0.15, -0.1) is 11.3 Å². The molecule has 3 rings (SSSR count). The van der Waals surface area contributed by atoms with E-state index in [9.17, 15) is 9.59 Å². The normalized spacial score (nSPS) is 21.2. The SMILES string of the molecule is CCC[C@H]1CCc2c(sc(NC(=O)C3CCCC3)c2C(N)=O)C1. The Kier molecular flexibility index (Phi) is 5.05. The first-order valence-electron chi connectivity index (χ1n) is 8.85. The zero-order valence-corrected chi connectivity index (χ0v) is 14.6. The van der Waals surface area contributed by atoms with E-state index in [4.69, 9.17) is 5.73 Å². The van der Waals surface area contributed by atoms with Crippen LogP contribution in [0.1, 0.15) is 72.7 Å². The molecule has 23 heavy (non-hydrogen) atoms. The quantitative estimate of drug-likeness (QED) is 0.857. The molecule has 1 fully saturated rings. The summed E-state index contributed by atoms with van der Waals surface area (Å²) in [5.74, 6) is 0.458. The summed E-state index contributed by atoms with van der Waals surface area (Å²) in [6.07, 6.45) is 9.64. The number of rotatable bonds is 5. The van der Waals surface area contributed by atoms with Crippen LogP contribution < -0.4 is 11.1 Å². The third kappa shape index (κ3) is 3.44. The second-order valence-corrected chi connectivity index (χ2v) is 8.05. The topological polar surface area (TPSA) is 72.2 Å². The molecule has 1 heterocycles. The summed E-state index contributed by atoms with van der Waals surface area (Å²) in [6.45, 7) is 2.21. The average molecular weight is 334 g/mol. The van der Waals surface area contributed by atoms with E-state index in [0.717, 1.165) is 50.5 Å². The van der Waals surface area contributed by atoms with Gasteiger partial charge in [-0.3, -0.25) is 9.59 Å². The van der Waals surface area contributed by atoms with Crippen LogP contribution in [0.15, 0.2) is 0 Å². The van der Waals surface area contributed by atoms with Gasteiger partial charge < -0.3 is 11.1 Å². The lowest BCUT2D eigenvalue weighted by molar-refractivity contribution is -0.119. The average Bonchev–Trinajstić information content (AvgIpc) is 3.14. The molecule has 0 bridgehead atoms. The number of carbonyl (C=O) groups excluding carboxylic acids is 2. The highest BCUT2D eigenvalue weighted by atomic mass is 32.1. The maximum absolute atomic E-state index is 12.4. The first kappa shape index (κ1) is 16.5. The lowest BCUT2D eigenvalue weighted by atomic mass is 9.84. The number of carbonyl (C=O) groups is 2. The fourth-order valence-electron chi connectivity index (χ4n) is 4.06. The van der Waals surface area contributed by atoms with E-state index in [0.29, 0.717) is 16.5 Å². The molecule has 1 aromatic heterocycles. The molecular formula is C18H26N2O2S. The van der Waals surface area contributed by atoms with Gasteiger partial charge in [-0.1, -0.05) is 32.6 Å². The molecule has 0 aliphatic heterocycles. The van der Waals surface area contributed by atoms with Crippen molar-refractivity contribution in [2.45, 2.75) is 64.7 Å². The second-order valence-electron chi connectivity index (χ2n) is 6.94. The molecule has 5 heteroatoms. The van der Waals surface area contributed by atoms with Gasteiger partial charge in [0, 0.05) is 10.8 Å². The van der Waals surface area contributed by atoms with E-state index in [-0.39, 0.29) is 11.8 Å². The van der Waals surface area contributed by atoms with Crippen molar-refractivity contribution >= 4 is 28.2 Å². The van der Waals surface area contributed by atoms with Crippen molar-refractivity contribution in [2.75, 3.05) is 5.32 Å². The maximum Gasteiger partial charge on any atom is 0.251 e. The third-order valence-electron chi connectivity index (χ3n) is 5.27. The minimum Gasteiger partial charge on any atom is -0.365 e. The number of fused-ring (bicyclic) bond motifs is 1. The van der Waals surface area contributed by atoms with E-state index in [1.807, 2.05) is 0 Å². The number of hydrogen-bond acceptors (Lipinski definition) is 3. The van der Waals surface area contributed by atoms with Gasteiger partial charge in [-0.2, -0.15) is 0 Å². The summed E-state index contributed by atoms with van der Waals surface area (Å²) in [6, 6.07) is 0. The molecule has 0 unspecified atom stereocenters. The number of primary amides is 1. The number of anilines is 1. The van der Waals surface area contributed by atoms with E-state index in [1.54, 1.807) is 11.3 Å². The van der Waals surface area contributed by atoms with Crippen molar-refractivity contribution in [1.29, 1.82) is 0 Å². The van der Waals surface area contributed by atoms with Crippen LogP contribution in [0.5, 0.6) is 0 Å². The van der Waals surface area contributed by atoms with Crippen LogP contribution in [0, 0.1) is 11.8 Å². The molecule has 2 aliphatic rings. The predicted molar refractivity (Wildman–Crippen MR) is 93.8 cm³/mol. The molecule has 1 saturated carbocycles. The largest absolute Gasteiger partial charge is 0.365 e. The van der Waals surface area contributed by atoms with Crippen LogP contribution >= 0.6 is 11.3 Å². The maximum atomic E-state index is 12.4. The number of nitrogens with two attached hydrogens (primary N) is 1. The van der Waals surface area contributed by atoms with Gasteiger partial charge in [0.15, 0.2) is 0 Å². The smallest absolute Gasteiger partial charge is 0.251 e. The number of nitrogens with one attached hydrogen (secondary N) is 1. The molecular weight excluding hydrogens is 308 g/mol. The van der Waals surface area contributed by atoms with Crippen molar-refractivity contribution < 1.29 is 9.59 Å². The Bertz CT molecular complexity index is 602. The molecule has 2 aliphatic carbocycles. The van der Waals surface area contributed by atoms with E-state index >= 15 is 0 Å². The zero-order valence-electron chi connectivity index (χ0n) is 13.8. The molecule has 0 spiro atoms. The van der Waals surface area contributed by atoms with Crippen LogP contribution in [0.25, 0.3) is 0 Å². The van der Waals surface area contributed by atoms with Crippen LogP contribution in [0.3, 0.4) is 0 Å². The monoisotopic (exact) mass is 334 g/mol. The molecule has 1 atom stereocenters. The lowest BCUT2D eigenvalue weighted by Gasteiger charge is -2.21. The summed E-state index contributed by atoms with van der Waals surface area (Å²) in [5, 5.41) is 3.71. The van der Waals surface area contributed by atoms with Crippen molar-refractivity contribution in [3.63, 3.8) is 0 Å². The highest BCUT2D eigenvalue weighted by Crippen LogP contribution is 2.41. The molecule has 1 aromatic rings. The van der Waals surface area contributed by atoms with Crippen molar-refractivity contribution in [3.8, 4) is 0 Å². The fraction of sp³-hybridized carbons (Fsp3) is 0.667. The number of amides is 2. The standard InChI is InChI=1S/C18H26N2O2S/c1-2-5-11-8-9-13-14(10-11)23-18(15(13)16(19)21)20-17(22)12-6-3-4-7-12/h11-12H,2-10H2,1H3,(H2,19,21)(H,20,22)/t11-/m0/s1. The van der Waals surface area contributed by atoms with Gasteiger partial charge in [0.1, 0.15) is 5.00 Å². The molecule has 0 saturated heterocycles. The Morgan fingerprint density at radius 1 is 1.26 bits per heavy atom. The fourth-order valence-corrected chi connectivity index (χ4v) is 5.43. The summed E-state index contributed by atoms with van der Waals surface area (Å²) in [7, 11) is 0. The van der Waals surface area contributed by atoms with Crippen LogP contribution in [0.4, 0.5) is 5.00 Å². The number of thiophene rings is 1. The van der Waals surface area contributed by atoms with E-state index in [1.165, 1.54) is 17.7 Å². The van der Waals surface area contributed by atoms with Gasteiger partial charge in [0.05, 0.1) is 5.56 Å². The van der Waals surface area contributed by atoms with Crippen molar-refractivity contribution in [1.82, 2.24) is 0 Å². The lowest BCUT2D eigenvalue weighted by Crippen LogP contribution is -2.23. The number of hydrogen-bond donors (Lipinski definition) is 2. The molecule has 126 valence electrons. The summed E-state index contributed by atoms with van der Waals surface area (Å²) in [4.78, 5) is 25.6. The Hall–Kier alpha value is -1.36. The highest BCUT2D eigenvalue weighted by Gasteiger charge is 2.30. The Morgan fingerprint density at radius 2 is 2.00 bits per heavy atom.